The molecule has 1 aromatic carbocycles. The number of nitrogens with zero attached hydrogens (tertiary/aromatic N) is 1. The second-order valence-corrected chi connectivity index (χ2v) is 5.47. The van der Waals surface area contributed by atoms with Crippen molar-refractivity contribution in [3.8, 4) is 0 Å². The first-order chi connectivity index (χ1) is 9.69. The Morgan fingerprint density at radius 1 is 1.45 bits per heavy atom. The van der Waals surface area contributed by atoms with Gasteiger partial charge in [0.15, 0.2) is 0 Å². The van der Waals surface area contributed by atoms with E-state index in [1.165, 1.54) is 12.7 Å². The zero-order valence-corrected chi connectivity index (χ0v) is 12.0. The van der Waals surface area contributed by atoms with Crippen LogP contribution in [-0.4, -0.2) is 42.3 Å². The van der Waals surface area contributed by atoms with E-state index in [1.54, 1.807) is 0 Å². The first-order valence-corrected chi connectivity index (χ1v) is 7.20. The minimum atomic E-state index is -0.596. The molecule has 1 fully saturated rings. The van der Waals surface area contributed by atoms with Crippen LogP contribution in [0.15, 0.2) is 30.3 Å². The highest BCUT2D eigenvalue weighted by Gasteiger charge is 2.27. The summed E-state index contributed by atoms with van der Waals surface area (Å²) in [6.45, 7) is 2.80. The van der Waals surface area contributed by atoms with E-state index in [4.69, 9.17) is 0 Å². The molecule has 20 heavy (non-hydrogen) atoms. The van der Waals surface area contributed by atoms with Gasteiger partial charge in [-0.3, -0.25) is 9.69 Å². The summed E-state index contributed by atoms with van der Waals surface area (Å²) in [4.78, 5) is 13.6. The van der Waals surface area contributed by atoms with Gasteiger partial charge in [0, 0.05) is 13.1 Å². The summed E-state index contributed by atoms with van der Waals surface area (Å²) in [6, 6.07) is 10.3. The molecule has 0 bridgehead atoms. The molecule has 0 spiro atoms. The van der Waals surface area contributed by atoms with Gasteiger partial charge in [-0.1, -0.05) is 30.3 Å². The molecule has 0 amide bonds. The van der Waals surface area contributed by atoms with E-state index in [0.717, 1.165) is 32.5 Å². The van der Waals surface area contributed by atoms with Crippen molar-refractivity contribution in [3.05, 3.63) is 35.9 Å². The predicted molar refractivity (Wildman–Crippen MR) is 77.1 cm³/mol. The van der Waals surface area contributed by atoms with E-state index in [0.29, 0.717) is 0 Å². The van der Waals surface area contributed by atoms with Gasteiger partial charge in [-0.2, -0.15) is 0 Å². The van der Waals surface area contributed by atoms with E-state index >= 15 is 0 Å². The smallest absolute Gasteiger partial charge is 0.308 e. The van der Waals surface area contributed by atoms with Crippen LogP contribution in [0.4, 0.5) is 0 Å². The van der Waals surface area contributed by atoms with Crippen LogP contribution < -0.4 is 0 Å². The van der Waals surface area contributed by atoms with Gasteiger partial charge in [0.2, 0.25) is 0 Å². The van der Waals surface area contributed by atoms with Crippen LogP contribution in [0, 0.1) is 5.92 Å². The largest absolute Gasteiger partial charge is 0.469 e. The first-order valence-electron chi connectivity index (χ1n) is 7.20. The first kappa shape index (κ1) is 15.0. The molecular weight excluding hydrogens is 254 g/mol. The van der Waals surface area contributed by atoms with Gasteiger partial charge in [-0.15, -0.1) is 0 Å². The Bertz CT molecular complexity index is 421. The maximum Gasteiger partial charge on any atom is 0.308 e. The van der Waals surface area contributed by atoms with Crippen molar-refractivity contribution >= 4 is 5.97 Å². The molecule has 0 aliphatic carbocycles. The number of benzene rings is 1. The summed E-state index contributed by atoms with van der Waals surface area (Å²) in [5.41, 5.74) is 1.29. The molecular formula is C16H23NO3. The summed E-state index contributed by atoms with van der Waals surface area (Å²) < 4.78 is 4.62. The number of carbonyl (C=O) groups excluding carboxylic acids is 1. The number of carbonyl (C=O) groups is 1. The highest BCUT2D eigenvalue weighted by atomic mass is 16.5. The molecule has 1 aliphatic rings. The SMILES string of the molecule is COC(=O)C[C@@H](O)[C@H]1CCCN(Cc2ccccc2)C1. The minimum absolute atomic E-state index is 0.0976. The second-order valence-electron chi connectivity index (χ2n) is 5.47. The number of methoxy groups -OCH3 is 1. The van der Waals surface area contributed by atoms with Gasteiger partial charge >= 0.3 is 5.97 Å². The fourth-order valence-corrected chi connectivity index (χ4v) is 2.81. The molecule has 1 N–H and O–H groups in total. The number of aliphatic hydroxyl groups is 1. The zero-order valence-electron chi connectivity index (χ0n) is 12.0. The third kappa shape index (κ3) is 4.32. The third-order valence-corrected chi connectivity index (χ3v) is 3.94. The lowest BCUT2D eigenvalue weighted by Crippen LogP contribution is -2.40. The fourth-order valence-electron chi connectivity index (χ4n) is 2.81. The number of esters is 1. The van der Waals surface area contributed by atoms with E-state index in [9.17, 15) is 9.90 Å². The van der Waals surface area contributed by atoms with Crippen LogP contribution in [0.5, 0.6) is 0 Å². The van der Waals surface area contributed by atoms with Crippen molar-refractivity contribution in [1.29, 1.82) is 0 Å². The quantitative estimate of drug-likeness (QED) is 0.834. The molecule has 4 nitrogen and oxygen atoms in total. The monoisotopic (exact) mass is 277 g/mol. The van der Waals surface area contributed by atoms with E-state index < -0.39 is 6.10 Å². The Morgan fingerprint density at radius 3 is 2.90 bits per heavy atom. The highest BCUT2D eigenvalue weighted by molar-refractivity contribution is 5.69. The Hall–Kier alpha value is -1.39. The van der Waals surface area contributed by atoms with Crippen molar-refractivity contribution in [2.24, 2.45) is 5.92 Å². The molecule has 1 heterocycles. The van der Waals surface area contributed by atoms with Crippen molar-refractivity contribution in [2.45, 2.75) is 31.9 Å². The average Bonchev–Trinajstić information content (AvgIpc) is 2.48. The van der Waals surface area contributed by atoms with Gasteiger partial charge in [-0.05, 0) is 30.9 Å². The Kier molecular flexibility index (Phi) is 5.56. The molecule has 0 radical (unpaired) electrons. The normalized spacial score (nSPS) is 21.4. The summed E-state index contributed by atoms with van der Waals surface area (Å²) in [5.74, 6) is -0.177. The molecule has 1 aromatic rings. The van der Waals surface area contributed by atoms with Crippen LogP contribution in [0.3, 0.4) is 0 Å². The summed E-state index contributed by atoms with van der Waals surface area (Å²) in [7, 11) is 1.36. The lowest BCUT2D eigenvalue weighted by atomic mass is 9.90. The number of piperidine rings is 1. The molecule has 4 heteroatoms. The van der Waals surface area contributed by atoms with Crippen molar-refractivity contribution < 1.29 is 14.6 Å². The Balaban J connectivity index is 1.86. The maximum atomic E-state index is 11.2. The Labute approximate surface area is 120 Å². The molecule has 0 saturated carbocycles. The van der Waals surface area contributed by atoms with Gasteiger partial charge in [0.25, 0.3) is 0 Å². The molecule has 110 valence electrons. The number of aliphatic hydroxyl groups excluding tert-OH is 1. The molecule has 1 saturated heterocycles. The lowest BCUT2D eigenvalue weighted by Gasteiger charge is -2.34. The number of hydrogen-bond acceptors (Lipinski definition) is 4. The number of hydrogen-bond donors (Lipinski definition) is 1. The molecule has 0 aromatic heterocycles. The minimum Gasteiger partial charge on any atom is -0.469 e. The standard InChI is InChI=1S/C16H23NO3/c1-20-16(19)10-15(18)14-8-5-9-17(12-14)11-13-6-3-2-4-7-13/h2-4,6-7,14-15,18H,5,8-12H2,1H3/t14-,15+/m0/s1. The summed E-state index contributed by atoms with van der Waals surface area (Å²) in [5, 5.41) is 10.1. The molecule has 2 atom stereocenters. The van der Waals surface area contributed by atoms with Crippen molar-refractivity contribution in [2.75, 3.05) is 20.2 Å². The third-order valence-electron chi connectivity index (χ3n) is 3.94. The van der Waals surface area contributed by atoms with Crippen LogP contribution >= 0.6 is 0 Å². The predicted octanol–water partition coefficient (Wildman–Crippen LogP) is 1.82. The summed E-state index contributed by atoms with van der Waals surface area (Å²) in [6.07, 6.45) is 1.54. The van der Waals surface area contributed by atoms with Crippen LogP contribution in [0.1, 0.15) is 24.8 Å². The van der Waals surface area contributed by atoms with Crippen molar-refractivity contribution in [1.82, 2.24) is 4.90 Å². The topological polar surface area (TPSA) is 49.8 Å². The number of likely N-dealkylation sites (tertiary alicyclic amines) is 1. The Morgan fingerprint density at radius 2 is 2.20 bits per heavy atom. The maximum absolute atomic E-state index is 11.2. The average molecular weight is 277 g/mol. The summed E-state index contributed by atoms with van der Waals surface area (Å²) >= 11 is 0. The molecule has 0 unspecified atom stereocenters. The number of rotatable bonds is 5. The zero-order chi connectivity index (χ0) is 14.4. The van der Waals surface area contributed by atoms with Crippen LogP contribution in [-0.2, 0) is 16.1 Å². The van der Waals surface area contributed by atoms with E-state index in [-0.39, 0.29) is 18.3 Å². The fraction of sp³-hybridized carbons (Fsp3) is 0.562. The van der Waals surface area contributed by atoms with Gasteiger partial charge < -0.3 is 9.84 Å². The van der Waals surface area contributed by atoms with E-state index in [2.05, 4.69) is 21.8 Å². The van der Waals surface area contributed by atoms with Crippen molar-refractivity contribution in [3.63, 3.8) is 0 Å². The van der Waals surface area contributed by atoms with E-state index in [1.807, 2.05) is 18.2 Å². The molecule has 1 aliphatic heterocycles. The lowest BCUT2D eigenvalue weighted by molar-refractivity contribution is -0.144. The van der Waals surface area contributed by atoms with Crippen LogP contribution in [0.2, 0.25) is 0 Å². The van der Waals surface area contributed by atoms with Gasteiger partial charge in [-0.25, -0.2) is 0 Å². The number of ether oxygens (including phenoxy) is 1. The second kappa shape index (κ2) is 7.41. The van der Waals surface area contributed by atoms with Gasteiger partial charge in [0.1, 0.15) is 0 Å². The molecule has 2 rings (SSSR count). The van der Waals surface area contributed by atoms with Crippen LogP contribution in [0.25, 0.3) is 0 Å². The van der Waals surface area contributed by atoms with Gasteiger partial charge in [0.05, 0.1) is 19.6 Å². The highest BCUT2D eigenvalue weighted by Crippen LogP contribution is 2.23.